The normalized spacial score (nSPS) is 13.1. The maximum absolute atomic E-state index is 5.53. The van der Waals surface area contributed by atoms with Gasteiger partial charge in [-0.25, -0.2) is 0 Å². The van der Waals surface area contributed by atoms with Crippen molar-refractivity contribution in [1.29, 1.82) is 0 Å². The molecule has 0 aromatic carbocycles. The van der Waals surface area contributed by atoms with Gasteiger partial charge in [0.15, 0.2) is 0 Å². The van der Waals surface area contributed by atoms with Crippen LogP contribution in [0, 0.1) is 11.8 Å². The maximum Gasteiger partial charge on any atom is -0.00398 e. The van der Waals surface area contributed by atoms with E-state index in [9.17, 15) is 0 Å². The third-order valence-corrected chi connectivity index (χ3v) is 2.03. The Bertz CT molecular complexity index is 134. The second kappa shape index (κ2) is 6.24. The Morgan fingerprint density at radius 2 is 1.83 bits per heavy atom. The predicted octanol–water partition coefficient (Wildman–Crippen LogP) is 2.96. The van der Waals surface area contributed by atoms with Gasteiger partial charge in [-0.05, 0) is 31.2 Å². The zero-order chi connectivity index (χ0) is 9.56. The Kier molecular flexibility index (Phi) is 6.09. The van der Waals surface area contributed by atoms with Crippen LogP contribution in [0.3, 0.4) is 0 Å². The van der Waals surface area contributed by atoms with E-state index in [1.165, 1.54) is 12.0 Å². The van der Waals surface area contributed by atoms with Gasteiger partial charge in [0, 0.05) is 0 Å². The van der Waals surface area contributed by atoms with E-state index >= 15 is 0 Å². The molecule has 0 aliphatic carbocycles. The van der Waals surface area contributed by atoms with E-state index in [1.807, 2.05) is 0 Å². The lowest BCUT2D eigenvalue weighted by Gasteiger charge is -2.11. The molecule has 2 N–H and O–H groups in total. The molecule has 72 valence electrons. The zero-order valence-corrected chi connectivity index (χ0v) is 8.93. The van der Waals surface area contributed by atoms with Crippen LogP contribution in [-0.2, 0) is 0 Å². The van der Waals surface area contributed by atoms with Gasteiger partial charge in [0.05, 0.1) is 0 Å². The van der Waals surface area contributed by atoms with Gasteiger partial charge in [-0.3, -0.25) is 0 Å². The minimum Gasteiger partial charge on any atom is -0.330 e. The maximum atomic E-state index is 5.53. The molecule has 0 bridgehead atoms. The van der Waals surface area contributed by atoms with Crippen LogP contribution in [0.2, 0.25) is 0 Å². The summed E-state index contributed by atoms with van der Waals surface area (Å²) in [7, 11) is 0. The average molecular weight is 169 g/mol. The molecule has 0 atom stereocenters. The van der Waals surface area contributed by atoms with Gasteiger partial charge >= 0.3 is 0 Å². The number of allylic oxidation sites excluding steroid dienone is 1. The molecule has 0 radical (unpaired) electrons. The fourth-order valence-corrected chi connectivity index (χ4v) is 1.18. The molecule has 0 aromatic rings. The summed E-state index contributed by atoms with van der Waals surface area (Å²) in [5.74, 6) is 1.42. The molecule has 12 heavy (non-hydrogen) atoms. The fraction of sp³-hybridized carbons (Fsp3) is 0.818. The van der Waals surface area contributed by atoms with E-state index in [1.54, 1.807) is 0 Å². The smallest absolute Gasteiger partial charge is 0.00398 e. The van der Waals surface area contributed by atoms with E-state index in [0.717, 1.165) is 18.9 Å². The fourth-order valence-electron chi connectivity index (χ4n) is 1.18. The van der Waals surface area contributed by atoms with E-state index in [4.69, 9.17) is 5.73 Å². The van der Waals surface area contributed by atoms with Crippen molar-refractivity contribution < 1.29 is 0 Å². The van der Waals surface area contributed by atoms with Crippen LogP contribution in [0.1, 0.15) is 40.5 Å². The molecule has 0 unspecified atom stereocenters. The standard InChI is InChI=1S/C11H23N/c1-9(2)5-6-11(7-8-12)10(3)4/h6,9-10H,5,7-8,12H2,1-4H3/b11-6-. The molecule has 0 aliphatic rings. The van der Waals surface area contributed by atoms with E-state index in [2.05, 4.69) is 33.8 Å². The molecule has 1 heteroatoms. The topological polar surface area (TPSA) is 26.0 Å². The highest BCUT2D eigenvalue weighted by molar-refractivity contribution is 5.05. The largest absolute Gasteiger partial charge is 0.330 e. The summed E-state index contributed by atoms with van der Waals surface area (Å²) in [6, 6.07) is 0. The highest BCUT2D eigenvalue weighted by atomic mass is 14.5. The van der Waals surface area contributed by atoms with Crippen molar-refractivity contribution in [3.63, 3.8) is 0 Å². The molecule has 0 heterocycles. The summed E-state index contributed by atoms with van der Waals surface area (Å²) in [5.41, 5.74) is 7.05. The minimum atomic E-state index is 0.660. The lowest BCUT2D eigenvalue weighted by atomic mass is 9.97. The molecular weight excluding hydrogens is 146 g/mol. The van der Waals surface area contributed by atoms with Crippen LogP contribution in [0.15, 0.2) is 11.6 Å². The molecule has 0 fully saturated rings. The van der Waals surface area contributed by atoms with E-state index in [-0.39, 0.29) is 0 Å². The Hall–Kier alpha value is -0.300. The van der Waals surface area contributed by atoms with Crippen molar-refractivity contribution in [2.75, 3.05) is 6.54 Å². The lowest BCUT2D eigenvalue weighted by molar-refractivity contribution is 0.640. The Balaban J connectivity index is 3.99. The van der Waals surface area contributed by atoms with Gasteiger partial charge in [-0.15, -0.1) is 0 Å². The third-order valence-electron chi connectivity index (χ3n) is 2.03. The van der Waals surface area contributed by atoms with Gasteiger partial charge < -0.3 is 5.73 Å². The molecule has 0 rings (SSSR count). The summed E-state index contributed by atoms with van der Waals surface area (Å²) < 4.78 is 0. The summed E-state index contributed by atoms with van der Waals surface area (Å²) >= 11 is 0. The van der Waals surface area contributed by atoms with Crippen LogP contribution in [0.25, 0.3) is 0 Å². The van der Waals surface area contributed by atoms with Gasteiger partial charge in [-0.2, -0.15) is 0 Å². The summed E-state index contributed by atoms with van der Waals surface area (Å²) in [6.45, 7) is 9.75. The average Bonchev–Trinajstić information content (AvgIpc) is 1.96. The van der Waals surface area contributed by atoms with Crippen molar-refractivity contribution in [2.45, 2.75) is 40.5 Å². The lowest BCUT2D eigenvalue weighted by Crippen LogP contribution is -2.04. The first-order valence-corrected chi connectivity index (χ1v) is 4.97. The zero-order valence-electron chi connectivity index (χ0n) is 8.93. The van der Waals surface area contributed by atoms with Crippen LogP contribution in [0.4, 0.5) is 0 Å². The summed E-state index contributed by atoms with van der Waals surface area (Å²) in [4.78, 5) is 0. The highest BCUT2D eigenvalue weighted by Crippen LogP contribution is 2.15. The van der Waals surface area contributed by atoms with Crippen molar-refractivity contribution >= 4 is 0 Å². The monoisotopic (exact) mass is 169 g/mol. The molecule has 0 aliphatic heterocycles. The van der Waals surface area contributed by atoms with Crippen molar-refractivity contribution in [1.82, 2.24) is 0 Å². The predicted molar refractivity (Wildman–Crippen MR) is 56.0 cm³/mol. The van der Waals surface area contributed by atoms with Gasteiger partial charge in [0.1, 0.15) is 0 Å². The molecule has 0 saturated carbocycles. The molecule has 0 aromatic heterocycles. The summed E-state index contributed by atoms with van der Waals surface area (Å²) in [6.07, 6.45) is 4.61. The number of rotatable bonds is 5. The number of hydrogen-bond donors (Lipinski definition) is 1. The minimum absolute atomic E-state index is 0.660. The second-order valence-corrected chi connectivity index (χ2v) is 4.10. The van der Waals surface area contributed by atoms with Gasteiger partial charge in [0.2, 0.25) is 0 Å². The number of nitrogens with two attached hydrogens (primary N) is 1. The first-order valence-electron chi connectivity index (χ1n) is 4.97. The van der Waals surface area contributed by atoms with Gasteiger partial charge in [-0.1, -0.05) is 39.3 Å². The quantitative estimate of drug-likeness (QED) is 0.629. The van der Waals surface area contributed by atoms with Crippen LogP contribution < -0.4 is 5.73 Å². The van der Waals surface area contributed by atoms with Crippen molar-refractivity contribution in [3.8, 4) is 0 Å². The Morgan fingerprint density at radius 3 is 2.17 bits per heavy atom. The van der Waals surface area contributed by atoms with Crippen LogP contribution in [-0.4, -0.2) is 6.54 Å². The molecule has 1 nitrogen and oxygen atoms in total. The SMILES string of the molecule is CC(C)C/C=C(/CCN)C(C)C. The van der Waals surface area contributed by atoms with E-state index in [0.29, 0.717) is 5.92 Å². The molecule has 0 saturated heterocycles. The first kappa shape index (κ1) is 11.7. The van der Waals surface area contributed by atoms with Crippen LogP contribution in [0.5, 0.6) is 0 Å². The van der Waals surface area contributed by atoms with Crippen LogP contribution >= 0.6 is 0 Å². The summed E-state index contributed by atoms with van der Waals surface area (Å²) in [5, 5.41) is 0. The van der Waals surface area contributed by atoms with Crippen molar-refractivity contribution in [3.05, 3.63) is 11.6 Å². The third kappa shape index (κ3) is 5.36. The highest BCUT2D eigenvalue weighted by Gasteiger charge is 2.01. The molecular formula is C11H23N. The molecule has 0 amide bonds. The number of hydrogen-bond acceptors (Lipinski definition) is 1. The first-order chi connectivity index (χ1) is 5.57. The molecule has 0 spiro atoms. The Morgan fingerprint density at radius 1 is 1.25 bits per heavy atom. The second-order valence-electron chi connectivity index (χ2n) is 4.10. The van der Waals surface area contributed by atoms with E-state index < -0.39 is 0 Å². The Labute approximate surface area is 77.0 Å². The van der Waals surface area contributed by atoms with Gasteiger partial charge in [0.25, 0.3) is 0 Å². The van der Waals surface area contributed by atoms with Crippen molar-refractivity contribution in [2.24, 2.45) is 17.6 Å².